The van der Waals surface area contributed by atoms with Gasteiger partial charge in [-0.3, -0.25) is 4.79 Å². The van der Waals surface area contributed by atoms with Gasteiger partial charge in [-0.15, -0.1) is 0 Å². The molecule has 10 atom stereocenters. The van der Waals surface area contributed by atoms with Gasteiger partial charge in [-0.1, -0.05) is 52.0 Å². The minimum Gasteiger partial charge on any atom is -0.457 e. The Labute approximate surface area is 270 Å². The number of epoxide rings is 1. The van der Waals surface area contributed by atoms with Crippen LogP contribution in [0, 0.1) is 17.8 Å². The van der Waals surface area contributed by atoms with E-state index < -0.39 is 36.0 Å². The quantitative estimate of drug-likeness (QED) is 0.148. The zero-order chi connectivity index (χ0) is 33.3. The van der Waals surface area contributed by atoms with Crippen molar-refractivity contribution in [2.24, 2.45) is 17.8 Å². The van der Waals surface area contributed by atoms with Crippen LogP contribution in [0.3, 0.4) is 0 Å². The van der Waals surface area contributed by atoms with Crippen molar-refractivity contribution in [1.82, 2.24) is 9.80 Å². The first-order chi connectivity index (χ1) is 21.2. The minimum absolute atomic E-state index is 0.00760. The molecule has 2 saturated heterocycles. The highest BCUT2D eigenvalue weighted by Crippen LogP contribution is 2.37. The highest BCUT2D eigenvalue weighted by molar-refractivity contribution is 5.70. The van der Waals surface area contributed by atoms with E-state index in [-0.39, 0.29) is 42.5 Å². The highest BCUT2D eigenvalue weighted by Gasteiger charge is 2.47. The van der Waals surface area contributed by atoms with E-state index >= 15 is 0 Å². The fourth-order valence-corrected chi connectivity index (χ4v) is 6.22. The topological polar surface area (TPSA) is 132 Å². The largest absolute Gasteiger partial charge is 0.457 e. The molecule has 45 heavy (non-hydrogen) atoms. The molecule has 0 aliphatic carbocycles. The Bertz CT molecular complexity index is 1060. The normalized spacial score (nSPS) is 33.7. The van der Waals surface area contributed by atoms with E-state index in [1.54, 1.807) is 24.0 Å². The number of aliphatic hydroxyl groups excluding tert-OH is 2. The average molecular weight is 635 g/mol. The third-order valence-corrected chi connectivity index (χ3v) is 9.52. The van der Waals surface area contributed by atoms with Crippen LogP contribution in [-0.2, 0) is 19.0 Å². The summed E-state index contributed by atoms with van der Waals surface area (Å²) in [4.78, 5) is 29.9. The van der Waals surface area contributed by atoms with Gasteiger partial charge in [0.25, 0.3) is 0 Å². The maximum Gasteiger partial charge on any atom is 0.410 e. The predicted octanol–water partition coefficient (Wildman–Crippen LogP) is 4.23. The van der Waals surface area contributed by atoms with Gasteiger partial charge < -0.3 is 39.3 Å². The summed E-state index contributed by atoms with van der Waals surface area (Å²) in [6.45, 7) is 14.5. The molecule has 10 unspecified atom stereocenters. The fourth-order valence-electron chi connectivity index (χ4n) is 6.22. The Hall–Kier alpha value is -2.24. The molecule has 0 aromatic carbocycles. The summed E-state index contributed by atoms with van der Waals surface area (Å²) in [7, 11) is 2.05. The van der Waals surface area contributed by atoms with Crippen LogP contribution in [0.4, 0.5) is 4.79 Å². The predicted molar refractivity (Wildman–Crippen MR) is 173 cm³/mol. The van der Waals surface area contributed by atoms with Crippen molar-refractivity contribution < 1.29 is 39.1 Å². The SMILES string of the molecule is CCC(O)C(C)C1OC1CC(C)(O)C=CC=C(C)C1OC(=O)CC(O)CCC(C)C(OC(=O)N2CCCN(C)CC2)C=CC1C. The molecule has 3 aliphatic heterocycles. The van der Waals surface area contributed by atoms with E-state index in [0.717, 1.165) is 25.1 Å². The molecule has 10 heteroatoms. The molecule has 256 valence electrons. The van der Waals surface area contributed by atoms with Crippen molar-refractivity contribution in [3.05, 3.63) is 36.0 Å². The van der Waals surface area contributed by atoms with Gasteiger partial charge in [0.2, 0.25) is 0 Å². The number of rotatable bonds is 9. The maximum atomic E-state index is 13.1. The number of ether oxygens (including phenoxy) is 3. The lowest BCUT2D eigenvalue weighted by molar-refractivity contribution is -0.151. The number of hydrogen-bond acceptors (Lipinski definition) is 9. The van der Waals surface area contributed by atoms with Crippen LogP contribution in [0.15, 0.2) is 36.0 Å². The Morgan fingerprint density at radius 3 is 2.64 bits per heavy atom. The molecule has 3 rings (SSSR count). The Morgan fingerprint density at radius 2 is 1.93 bits per heavy atom. The van der Waals surface area contributed by atoms with Gasteiger partial charge in [-0.05, 0) is 70.7 Å². The van der Waals surface area contributed by atoms with Gasteiger partial charge in [0, 0.05) is 37.9 Å². The number of cyclic esters (lactones) is 1. The van der Waals surface area contributed by atoms with Gasteiger partial charge >= 0.3 is 12.1 Å². The molecule has 3 N–H and O–H groups in total. The van der Waals surface area contributed by atoms with Crippen LogP contribution in [0.5, 0.6) is 0 Å². The van der Waals surface area contributed by atoms with Crippen LogP contribution >= 0.6 is 0 Å². The van der Waals surface area contributed by atoms with Gasteiger partial charge in [0.05, 0.1) is 36.4 Å². The lowest BCUT2D eigenvalue weighted by Gasteiger charge is -2.29. The number of esters is 1. The van der Waals surface area contributed by atoms with Crippen molar-refractivity contribution in [3.63, 3.8) is 0 Å². The second-order valence-electron chi connectivity index (χ2n) is 13.9. The number of amides is 1. The monoisotopic (exact) mass is 634 g/mol. The van der Waals surface area contributed by atoms with Gasteiger partial charge in [0.1, 0.15) is 12.2 Å². The van der Waals surface area contributed by atoms with Gasteiger partial charge in [0.15, 0.2) is 0 Å². The molecule has 0 spiro atoms. The van der Waals surface area contributed by atoms with E-state index in [1.807, 2.05) is 52.8 Å². The molecule has 0 bridgehead atoms. The van der Waals surface area contributed by atoms with E-state index in [0.29, 0.717) is 38.8 Å². The molecule has 10 nitrogen and oxygen atoms in total. The Kier molecular flexibility index (Phi) is 14.1. The van der Waals surface area contributed by atoms with Crippen LogP contribution in [0.2, 0.25) is 0 Å². The smallest absolute Gasteiger partial charge is 0.410 e. The first-order valence-electron chi connectivity index (χ1n) is 16.8. The summed E-state index contributed by atoms with van der Waals surface area (Å²) in [5, 5.41) is 31.7. The number of carbonyl (C=O) groups excluding carboxylic acids is 2. The molecule has 2 fully saturated rings. The molecule has 1 amide bonds. The number of hydrogen-bond donors (Lipinski definition) is 3. The van der Waals surface area contributed by atoms with Crippen molar-refractivity contribution in [2.45, 2.75) is 122 Å². The number of carbonyl (C=O) groups is 2. The summed E-state index contributed by atoms with van der Waals surface area (Å²) >= 11 is 0. The van der Waals surface area contributed by atoms with Gasteiger partial charge in [-0.2, -0.15) is 0 Å². The van der Waals surface area contributed by atoms with Crippen LogP contribution < -0.4 is 0 Å². The summed E-state index contributed by atoms with van der Waals surface area (Å²) in [5.41, 5.74) is -0.350. The van der Waals surface area contributed by atoms with Crippen LogP contribution in [0.1, 0.15) is 80.1 Å². The van der Waals surface area contributed by atoms with E-state index in [4.69, 9.17) is 14.2 Å². The molecule has 3 heterocycles. The third-order valence-electron chi connectivity index (χ3n) is 9.52. The van der Waals surface area contributed by atoms with E-state index in [9.17, 15) is 24.9 Å². The first kappa shape index (κ1) is 37.2. The Balaban J connectivity index is 1.71. The van der Waals surface area contributed by atoms with Crippen molar-refractivity contribution >= 4 is 12.1 Å². The molecule has 0 aromatic rings. The molecular formula is C35H58N2O8. The molecular weight excluding hydrogens is 576 g/mol. The second-order valence-corrected chi connectivity index (χ2v) is 13.9. The van der Waals surface area contributed by atoms with Crippen molar-refractivity contribution in [1.29, 1.82) is 0 Å². The minimum atomic E-state index is -1.12. The molecule has 0 aromatic heterocycles. The molecule has 0 saturated carbocycles. The van der Waals surface area contributed by atoms with Gasteiger partial charge in [-0.25, -0.2) is 4.79 Å². The zero-order valence-electron chi connectivity index (χ0n) is 28.4. The van der Waals surface area contributed by atoms with Crippen molar-refractivity contribution in [2.75, 3.05) is 33.2 Å². The number of allylic oxidation sites excluding steroid dienone is 2. The number of nitrogens with zero attached hydrogens (tertiary/aromatic N) is 2. The van der Waals surface area contributed by atoms with Crippen LogP contribution in [-0.4, -0.2) is 113 Å². The lowest BCUT2D eigenvalue weighted by atomic mass is 9.91. The summed E-state index contributed by atoms with van der Waals surface area (Å²) in [6.07, 6.45) is 9.05. The Morgan fingerprint density at radius 1 is 1.20 bits per heavy atom. The molecule has 0 radical (unpaired) electrons. The molecule has 3 aliphatic rings. The van der Waals surface area contributed by atoms with Crippen LogP contribution in [0.25, 0.3) is 0 Å². The maximum absolute atomic E-state index is 13.1. The number of aliphatic hydroxyl groups is 3. The zero-order valence-corrected chi connectivity index (χ0v) is 28.4. The highest BCUT2D eigenvalue weighted by atomic mass is 16.6. The number of likely N-dealkylation sites (N-methyl/N-ethyl adjacent to an activating group) is 1. The summed E-state index contributed by atoms with van der Waals surface area (Å²) in [5.74, 6) is -0.768. The van der Waals surface area contributed by atoms with E-state index in [1.165, 1.54) is 0 Å². The average Bonchev–Trinajstić information content (AvgIpc) is 3.77. The lowest BCUT2D eigenvalue weighted by Crippen LogP contribution is -2.38. The van der Waals surface area contributed by atoms with E-state index in [2.05, 4.69) is 11.9 Å². The van der Waals surface area contributed by atoms with Crippen molar-refractivity contribution in [3.8, 4) is 0 Å². The second kappa shape index (κ2) is 17.1. The third kappa shape index (κ3) is 11.8. The fraction of sp³-hybridized carbons (Fsp3) is 0.771. The summed E-state index contributed by atoms with van der Waals surface area (Å²) < 4.78 is 17.7. The first-order valence-corrected chi connectivity index (χ1v) is 16.8. The standard InChI is InChI=1S/C35H58N2O8/c1-8-28(39)26(5)33-30(43-33)22-35(6,42)16-9-11-24(3)32-25(4)13-15-29(23(2)12-14-27(38)21-31(40)45-32)44-34(41)37-18-10-17-36(7)19-20-37/h9,11,13,15-16,23,25-30,32-33,38-39,42H,8,10,12,14,17-22H2,1-7H3. The summed E-state index contributed by atoms with van der Waals surface area (Å²) in [6, 6.07) is 0.